The molecule has 3 aromatic rings. The van der Waals surface area contributed by atoms with Gasteiger partial charge in [-0.05, 0) is 56.5 Å². The molecule has 0 aliphatic carbocycles. The lowest BCUT2D eigenvalue weighted by Gasteiger charge is -2.36. The topological polar surface area (TPSA) is 64.8 Å². The lowest BCUT2D eigenvalue weighted by molar-refractivity contribution is 0.0595. The van der Waals surface area contributed by atoms with E-state index in [4.69, 9.17) is 9.26 Å². The summed E-state index contributed by atoms with van der Waals surface area (Å²) in [6.45, 7) is 3.79. The Morgan fingerprint density at radius 2 is 1.97 bits per heavy atom. The summed E-state index contributed by atoms with van der Waals surface area (Å²) >= 11 is 0. The molecular formula is C25H27FN2O4. The van der Waals surface area contributed by atoms with Crippen molar-refractivity contribution >= 4 is 11.7 Å². The molecule has 7 heteroatoms. The summed E-state index contributed by atoms with van der Waals surface area (Å²) in [5, 5.41) is 4.10. The molecule has 0 bridgehead atoms. The molecule has 4 rings (SSSR count). The van der Waals surface area contributed by atoms with Gasteiger partial charge in [0.15, 0.2) is 5.76 Å². The van der Waals surface area contributed by atoms with E-state index in [1.165, 1.54) is 44.2 Å². The zero-order valence-electron chi connectivity index (χ0n) is 18.6. The number of benzene rings is 2. The molecule has 1 fully saturated rings. The van der Waals surface area contributed by atoms with Gasteiger partial charge < -0.3 is 18.9 Å². The number of carbonyl (C=O) groups is 1. The zero-order chi connectivity index (χ0) is 22.7. The maximum atomic E-state index is 14.3. The Kier molecular flexibility index (Phi) is 6.55. The van der Waals surface area contributed by atoms with Gasteiger partial charge in [0, 0.05) is 48.1 Å². The standard InChI is InChI=1S/C25H27FN2O4/c1-16-6-4-5-11-28(16)23-10-8-18(12-19(23)15-30-2)24-14-22(27-32-24)17-7-9-20(21(26)13-17)25(29)31-3/h7-10,12-14,16H,4-6,11,15H2,1-3H3. The third-order valence-corrected chi connectivity index (χ3v) is 5.96. The fourth-order valence-electron chi connectivity index (χ4n) is 4.24. The molecule has 1 aliphatic heterocycles. The van der Waals surface area contributed by atoms with Crippen LogP contribution >= 0.6 is 0 Å². The molecule has 1 aliphatic rings. The molecule has 0 radical (unpaired) electrons. The monoisotopic (exact) mass is 438 g/mol. The number of hydrogen-bond donors (Lipinski definition) is 0. The molecule has 168 valence electrons. The first kappa shape index (κ1) is 22.0. The average molecular weight is 438 g/mol. The summed E-state index contributed by atoms with van der Waals surface area (Å²) in [5.41, 5.74) is 4.02. The van der Waals surface area contributed by atoms with Gasteiger partial charge in [-0.15, -0.1) is 0 Å². The predicted molar refractivity (Wildman–Crippen MR) is 120 cm³/mol. The first-order chi connectivity index (χ1) is 15.5. The van der Waals surface area contributed by atoms with Crippen molar-refractivity contribution in [2.75, 3.05) is 25.7 Å². The highest BCUT2D eigenvalue weighted by Gasteiger charge is 2.22. The van der Waals surface area contributed by atoms with E-state index < -0.39 is 11.8 Å². The van der Waals surface area contributed by atoms with Crippen molar-refractivity contribution in [3.05, 3.63) is 59.4 Å². The van der Waals surface area contributed by atoms with Gasteiger partial charge >= 0.3 is 5.97 Å². The molecule has 6 nitrogen and oxygen atoms in total. The van der Waals surface area contributed by atoms with E-state index in [-0.39, 0.29) is 5.56 Å². The van der Waals surface area contributed by atoms with Crippen LogP contribution in [0.5, 0.6) is 0 Å². The second-order valence-corrected chi connectivity index (χ2v) is 8.08. The van der Waals surface area contributed by atoms with Crippen molar-refractivity contribution < 1.29 is 23.2 Å². The average Bonchev–Trinajstić information content (AvgIpc) is 3.30. The van der Waals surface area contributed by atoms with Crippen LogP contribution in [-0.4, -0.2) is 37.9 Å². The lowest BCUT2D eigenvalue weighted by atomic mass is 9.99. The van der Waals surface area contributed by atoms with Gasteiger partial charge in [0.2, 0.25) is 0 Å². The number of aromatic nitrogens is 1. The van der Waals surface area contributed by atoms with Gasteiger partial charge in [-0.3, -0.25) is 0 Å². The van der Waals surface area contributed by atoms with Crippen LogP contribution in [0.2, 0.25) is 0 Å². The molecule has 0 saturated carbocycles. The molecule has 1 saturated heterocycles. The Hall–Kier alpha value is -3.19. The first-order valence-corrected chi connectivity index (χ1v) is 10.8. The van der Waals surface area contributed by atoms with Crippen LogP contribution in [0.4, 0.5) is 10.1 Å². The SMILES string of the molecule is COCc1cc(-c2cc(-c3ccc(C(=O)OC)c(F)c3)no2)ccc1N1CCCCC1C. The Morgan fingerprint density at radius 1 is 1.16 bits per heavy atom. The third kappa shape index (κ3) is 4.39. The van der Waals surface area contributed by atoms with E-state index in [1.54, 1.807) is 19.2 Å². The molecular weight excluding hydrogens is 411 g/mol. The Balaban J connectivity index is 1.63. The summed E-state index contributed by atoms with van der Waals surface area (Å²) in [5.74, 6) is -0.807. The molecule has 0 N–H and O–H groups in total. The van der Waals surface area contributed by atoms with Crippen LogP contribution in [0, 0.1) is 5.82 Å². The fraction of sp³-hybridized carbons (Fsp3) is 0.360. The van der Waals surface area contributed by atoms with Crippen molar-refractivity contribution in [2.45, 2.75) is 38.8 Å². The van der Waals surface area contributed by atoms with Crippen LogP contribution in [0.1, 0.15) is 42.1 Å². The van der Waals surface area contributed by atoms with E-state index >= 15 is 0 Å². The number of carbonyl (C=O) groups excluding carboxylic acids is 1. The fourth-order valence-corrected chi connectivity index (χ4v) is 4.24. The molecule has 2 aromatic carbocycles. The minimum atomic E-state index is -0.719. The zero-order valence-corrected chi connectivity index (χ0v) is 18.6. The van der Waals surface area contributed by atoms with Crippen LogP contribution in [0.25, 0.3) is 22.6 Å². The summed E-state index contributed by atoms with van der Waals surface area (Å²) in [6.07, 6.45) is 3.64. The van der Waals surface area contributed by atoms with Crippen molar-refractivity contribution in [1.29, 1.82) is 0 Å². The smallest absolute Gasteiger partial charge is 0.340 e. The van der Waals surface area contributed by atoms with Gasteiger partial charge in [-0.1, -0.05) is 11.2 Å². The summed E-state index contributed by atoms with van der Waals surface area (Å²) in [6, 6.07) is 12.7. The number of hydrogen-bond acceptors (Lipinski definition) is 6. The normalized spacial score (nSPS) is 16.2. The summed E-state index contributed by atoms with van der Waals surface area (Å²) < 4.78 is 29.9. The van der Waals surface area contributed by atoms with Gasteiger partial charge in [-0.2, -0.15) is 0 Å². The molecule has 1 unspecified atom stereocenters. The van der Waals surface area contributed by atoms with Crippen LogP contribution in [-0.2, 0) is 16.1 Å². The quantitative estimate of drug-likeness (QED) is 0.476. The maximum Gasteiger partial charge on any atom is 0.340 e. The first-order valence-electron chi connectivity index (χ1n) is 10.8. The maximum absolute atomic E-state index is 14.3. The molecule has 32 heavy (non-hydrogen) atoms. The van der Waals surface area contributed by atoms with Crippen LogP contribution < -0.4 is 4.90 Å². The second-order valence-electron chi connectivity index (χ2n) is 8.08. The number of anilines is 1. The van der Waals surface area contributed by atoms with E-state index in [0.29, 0.717) is 29.7 Å². The minimum Gasteiger partial charge on any atom is -0.465 e. The summed E-state index contributed by atoms with van der Waals surface area (Å²) in [4.78, 5) is 14.1. The highest BCUT2D eigenvalue weighted by Crippen LogP contribution is 2.33. The summed E-state index contributed by atoms with van der Waals surface area (Å²) in [7, 11) is 2.91. The number of methoxy groups -OCH3 is 2. The van der Waals surface area contributed by atoms with Gasteiger partial charge in [0.05, 0.1) is 19.3 Å². The van der Waals surface area contributed by atoms with Crippen molar-refractivity contribution in [1.82, 2.24) is 5.16 Å². The molecule has 1 aromatic heterocycles. The predicted octanol–water partition coefficient (Wildman–Crippen LogP) is 5.46. The molecule has 1 atom stereocenters. The Labute approximate surface area is 186 Å². The highest BCUT2D eigenvalue weighted by atomic mass is 19.1. The second kappa shape index (κ2) is 9.53. The number of esters is 1. The van der Waals surface area contributed by atoms with E-state index in [0.717, 1.165) is 17.7 Å². The number of rotatable bonds is 6. The van der Waals surface area contributed by atoms with Gasteiger partial charge in [0.25, 0.3) is 0 Å². The lowest BCUT2D eigenvalue weighted by Crippen LogP contribution is -2.38. The molecule has 2 heterocycles. The van der Waals surface area contributed by atoms with Crippen LogP contribution in [0.15, 0.2) is 47.0 Å². The van der Waals surface area contributed by atoms with Crippen molar-refractivity contribution in [3.63, 3.8) is 0 Å². The number of ether oxygens (including phenoxy) is 2. The highest BCUT2D eigenvalue weighted by molar-refractivity contribution is 5.90. The minimum absolute atomic E-state index is 0.119. The molecule has 0 spiro atoms. The number of piperidine rings is 1. The Bertz CT molecular complexity index is 1110. The largest absolute Gasteiger partial charge is 0.465 e. The van der Waals surface area contributed by atoms with Gasteiger partial charge in [-0.25, -0.2) is 9.18 Å². The van der Waals surface area contributed by atoms with Crippen molar-refractivity contribution in [2.24, 2.45) is 0 Å². The third-order valence-electron chi connectivity index (χ3n) is 5.96. The van der Waals surface area contributed by atoms with E-state index in [2.05, 4.69) is 33.8 Å². The van der Waals surface area contributed by atoms with Gasteiger partial charge in [0.1, 0.15) is 11.5 Å². The number of halogens is 1. The molecule has 0 amide bonds. The Morgan fingerprint density at radius 3 is 2.69 bits per heavy atom. The van der Waals surface area contributed by atoms with Crippen LogP contribution in [0.3, 0.4) is 0 Å². The van der Waals surface area contributed by atoms with E-state index in [1.807, 2.05) is 6.07 Å². The number of nitrogens with zero attached hydrogens (tertiary/aromatic N) is 2. The van der Waals surface area contributed by atoms with Crippen molar-refractivity contribution in [3.8, 4) is 22.6 Å². The van der Waals surface area contributed by atoms with E-state index in [9.17, 15) is 9.18 Å².